The first-order valence-electron chi connectivity index (χ1n) is 8.89. The van der Waals surface area contributed by atoms with Gasteiger partial charge in [-0.05, 0) is 42.6 Å². The Morgan fingerprint density at radius 3 is 2.87 bits per heavy atom. The molecule has 30 heavy (non-hydrogen) atoms. The van der Waals surface area contributed by atoms with Gasteiger partial charge in [0.05, 0.1) is 23.0 Å². The molecule has 2 aliphatic heterocycles. The maximum atomic E-state index is 12.6. The molecule has 9 heteroatoms. The average Bonchev–Trinajstić information content (AvgIpc) is 3.30. The Hall–Kier alpha value is -3.43. The number of aromatic nitrogens is 1. The topological polar surface area (TPSA) is 82.3 Å². The van der Waals surface area contributed by atoms with Gasteiger partial charge in [0, 0.05) is 22.9 Å². The van der Waals surface area contributed by atoms with Crippen molar-refractivity contribution in [3.8, 4) is 28.8 Å². The van der Waals surface area contributed by atoms with Crippen molar-refractivity contribution < 1.29 is 24.1 Å². The molecule has 2 aromatic carbocycles. The SMILES string of the molecule is COc1cccc(-n2c(O)c(C=C3C=c4cc5c(cc4=NC3=O)OCO5)sc2=S)c1. The van der Waals surface area contributed by atoms with E-state index in [1.807, 2.05) is 12.1 Å². The molecular formula is C21H14N2O5S2. The number of rotatable bonds is 3. The standard InChI is InChI=1S/C21H14N2O5S2/c1-26-14-4-2-3-13(8-14)23-20(25)18(30-21(23)29)7-12-5-11-6-16-17(28-10-27-16)9-15(11)22-19(12)24/h2-9,25H,10H2,1H3. The fourth-order valence-corrected chi connectivity index (χ4v) is 4.56. The van der Waals surface area contributed by atoms with Crippen LogP contribution in [0.1, 0.15) is 4.88 Å². The molecule has 1 aromatic heterocycles. The van der Waals surface area contributed by atoms with Gasteiger partial charge in [0.1, 0.15) is 5.75 Å². The number of aromatic hydroxyl groups is 1. The molecule has 3 heterocycles. The maximum absolute atomic E-state index is 12.6. The Morgan fingerprint density at radius 2 is 2.07 bits per heavy atom. The zero-order chi connectivity index (χ0) is 20.8. The smallest absolute Gasteiger partial charge is 0.277 e. The summed E-state index contributed by atoms with van der Waals surface area (Å²) in [6.45, 7) is 0.143. The Labute approximate surface area is 179 Å². The molecule has 2 aliphatic rings. The van der Waals surface area contributed by atoms with Crippen molar-refractivity contribution in [2.24, 2.45) is 4.99 Å². The summed E-state index contributed by atoms with van der Waals surface area (Å²) in [7, 11) is 1.57. The molecule has 0 saturated carbocycles. The predicted molar refractivity (Wildman–Crippen MR) is 113 cm³/mol. The molecule has 0 unspecified atom stereocenters. The van der Waals surface area contributed by atoms with E-state index in [0.717, 1.165) is 5.22 Å². The highest BCUT2D eigenvalue weighted by Gasteiger charge is 2.19. The Bertz CT molecular complexity index is 1420. The van der Waals surface area contributed by atoms with Crippen LogP contribution in [-0.2, 0) is 4.79 Å². The van der Waals surface area contributed by atoms with E-state index in [1.54, 1.807) is 43.5 Å². The molecule has 0 radical (unpaired) electrons. The molecule has 0 atom stereocenters. The summed E-state index contributed by atoms with van der Waals surface area (Å²) >= 11 is 6.64. The van der Waals surface area contributed by atoms with Gasteiger partial charge in [0.25, 0.3) is 5.91 Å². The van der Waals surface area contributed by atoms with Crippen LogP contribution in [0.3, 0.4) is 0 Å². The summed E-state index contributed by atoms with van der Waals surface area (Å²) in [5, 5.41) is 12.1. The molecule has 0 fully saturated rings. The van der Waals surface area contributed by atoms with Crippen LogP contribution >= 0.6 is 23.6 Å². The predicted octanol–water partition coefficient (Wildman–Crippen LogP) is 2.74. The molecule has 3 aromatic rings. The lowest BCUT2D eigenvalue weighted by Crippen LogP contribution is -2.30. The first-order valence-corrected chi connectivity index (χ1v) is 10.1. The summed E-state index contributed by atoms with van der Waals surface area (Å²) in [5.74, 6) is 1.36. The van der Waals surface area contributed by atoms with Crippen LogP contribution in [0.4, 0.5) is 0 Å². The summed E-state index contributed by atoms with van der Waals surface area (Å²) in [4.78, 5) is 17.2. The summed E-state index contributed by atoms with van der Waals surface area (Å²) < 4.78 is 18.0. The minimum absolute atomic E-state index is 0.0524. The Kier molecular flexibility index (Phi) is 4.41. The minimum atomic E-state index is -0.409. The third-order valence-corrected chi connectivity index (χ3v) is 6.02. The van der Waals surface area contributed by atoms with E-state index >= 15 is 0 Å². The molecule has 1 N–H and O–H groups in total. The third kappa shape index (κ3) is 3.08. The van der Waals surface area contributed by atoms with Crippen LogP contribution in [0, 0.1) is 3.95 Å². The van der Waals surface area contributed by atoms with E-state index in [-0.39, 0.29) is 12.7 Å². The van der Waals surface area contributed by atoms with Crippen LogP contribution in [0.25, 0.3) is 17.8 Å². The van der Waals surface area contributed by atoms with E-state index in [4.69, 9.17) is 26.4 Å². The van der Waals surface area contributed by atoms with Gasteiger partial charge in [0.15, 0.2) is 15.5 Å². The van der Waals surface area contributed by atoms with Crippen molar-refractivity contribution in [3.63, 3.8) is 0 Å². The number of hydrogen-bond donors (Lipinski definition) is 1. The minimum Gasteiger partial charge on any atom is -0.497 e. The van der Waals surface area contributed by atoms with Gasteiger partial charge >= 0.3 is 0 Å². The molecule has 5 rings (SSSR count). The van der Waals surface area contributed by atoms with Crippen LogP contribution in [0.5, 0.6) is 23.1 Å². The molecule has 1 amide bonds. The Morgan fingerprint density at radius 1 is 1.27 bits per heavy atom. The van der Waals surface area contributed by atoms with Crippen LogP contribution in [-0.4, -0.2) is 29.5 Å². The summed E-state index contributed by atoms with van der Waals surface area (Å²) in [6.07, 6.45) is 3.30. The first kappa shape index (κ1) is 18.6. The van der Waals surface area contributed by atoms with Gasteiger partial charge in [-0.3, -0.25) is 9.36 Å². The van der Waals surface area contributed by atoms with Crippen molar-refractivity contribution in [2.75, 3.05) is 13.9 Å². The zero-order valence-corrected chi connectivity index (χ0v) is 17.3. The number of benzene rings is 2. The van der Waals surface area contributed by atoms with Crippen molar-refractivity contribution in [1.29, 1.82) is 0 Å². The lowest BCUT2D eigenvalue weighted by atomic mass is 10.1. The van der Waals surface area contributed by atoms with E-state index in [1.165, 1.54) is 15.9 Å². The lowest BCUT2D eigenvalue weighted by molar-refractivity contribution is -0.114. The fourth-order valence-electron chi connectivity index (χ4n) is 3.26. The zero-order valence-electron chi connectivity index (χ0n) is 15.6. The number of thiazole rings is 1. The number of carbonyl (C=O) groups is 1. The second-order valence-electron chi connectivity index (χ2n) is 6.52. The van der Waals surface area contributed by atoms with E-state index in [9.17, 15) is 9.90 Å². The van der Waals surface area contributed by atoms with E-state index in [2.05, 4.69) is 4.99 Å². The number of amides is 1. The monoisotopic (exact) mass is 438 g/mol. The Balaban J connectivity index is 1.60. The molecule has 0 bridgehead atoms. The number of nitrogens with zero attached hydrogens (tertiary/aromatic N) is 2. The molecule has 7 nitrogen and oxygen atoms in total. The summed E-state index contributed by atoms with van der Waals surface area (Å²) in [6, 6.07) is 10.7. The highest BCUT2D eigenvalue weighted by Crippen LogP contribution is 2.33. The second-order valence-corrected chi connectivity index (χ2v) is 8.19. The average molecular weight is 438 g/mol. The largest absolute Gasteiger partial charge is 0.497 e. The molecule has 150 valence electrons. The molecule has 0 aliphatic carbocycles. The highest BCUT2D eigenvalue weighted by atomic mass is 32.1. The van der Waals surface area contributed by atoms with Gasteiger partial charge in [-0.15, -0.1) is 11.3 Å². The number of carbonyl (C=O) groups excluding carboxylic acids is 1. The number of fused-ring (bicyclic) bond motifs is 2. The van der Waals surface area contributed by atoms with E-state index in [0.29, 0.717) is 42.7 Å². The second kappa shape index (κ2) is 7.12. The van der Waals surface area contributed by atoms with Crippen LogP contribution in [0.15, 0.2) is 47.0 Å². The highest BCUT2D eigenvalue weighted by molar-refractivity contribution is 7.73. The number of ether oxygens (including phenoxy) is 3. The van der Waals surface area contributed by atoms with Crippen molar-refractivity contribution in [1.82, 2.24) is 4.57 Å². The third-order valence-electron chi connectivity index (χ3n) is 4.71. The first-order chi connectivity index (χ1) is 14.5. The molecule has 0 saturated heterocycles. The molecule has 0 spiro atoms. The van der Waals surface area contributed by atoms with Gasteiger partial charge in [-0.1, -0.05) is 6.07 Å². The van der Waals surface area contributed by atoms with Gasteiger partial charge in [-0.2, -0.15) is 0 Å². The van der Waals surface area contributed by atoms with Crippen molar-refractivity contribution >= 4 is 41.6 Å². The van der Waals surface area contributed by atoms with Crippen LogP contribution < -0.4 is 24.8 Å². The quantitative estimate of drug-likeness (QED) is 0.500. The molecular weight excluding hydrogens is 424 g/mol. The number of hydrogen-bond acceptors (Lipinski definition) is 7. The van der Waals surface area contributed by atoms with Crippen molar-refractivity contribution in [3.05, 3.63) is 61.4 Å². The van der Waals surface area contributed by atoms with Gasteiger partial charge in [-0.25, -0.2) is 4.99 Å². The van der Waals surface area contributed by atoms with E-state index < -0.39 is 5.91 Å². The van der Waals surface area contributed by atoms with Crippen LogP contribution in [0.2, 0.25) is 0 Å². The maximum Gasteiger partial charge on any atom is 0.277 e. The van der Waals surface area contributed by atoms with Gasteiger partial charge in [0.2, 0.25) is 12.7 Å². The number of methoxy groups -OCH3 is 1. The lowest BCUT2D eigenvalue weighted by Gasteiger charge is -2.07. The fraction of sp³-hybridized carbons (Fsp3) is 0.0952. The summed E-state index contributed by atoms with van der Waals surface area (Å²) in [5.41, 5.74) is 1.00. The normalized spacial score (nSPS) is 15.5. The van der Waals surface area contributed by atoms with Crippen molar-refractivity contribution in [2.45, 2.75) is 0 Å². The van der Waals surface area contributed by atoms with Gasteiger partial charge < -0.3 is 19.3 Å².